The Balaban J connectivity index is 1.70. The van der Waals surface area contributed by atoms with Gasteiger partial charge < -0.3 is 53.3 Å². The predicted octanol–water partition coefficient (Wildman–Crippen LogP) is 1.79. The molecule has 2 aromatic rings. The second-order valence-corrected chi connectivity index (χ2v) is 12.2. The summed E-state index contributed by atoms with van der Waals surface area (Å²) in [6, 6.07) is 16.8. The molecule has 2 saturated heterocycles. The molecule has 0 aromatic heterocycles. The molecule has 15 heteroatoms. The zero-order valence-electron chi connectivity index (χ0n) is 29.7. The van der Waals surface area contributed by atoms with Crippen molar-refractivity contribution in [3.8, 4) is 0 Å². The van der Waals surface area contributed by atoms with Crippen molar-refractivity contribution in [2.75, 3.05) is 27.4 Å². The Morgan fingerprint density at radius 3 is 1.45 bits per heavy atom. The van der Waals surface area contributed by atoms with Crippen LogP contribution in [-0.2, 0) is 75.0 Å². The Morgan fingerprint density at radius 2 is 1.02 bits per heavy atom. The van der Waals surface area contributed by atoms with Crippen LogP contribution >= 0.6 is 0 Å². The minimum atomic E-state index is -1.35. The summed E-state index contributed by atoms with van der Waals surface area (Å²) in [5, 5.41) is 5.53. The number of nitrogens with one attached hydrogen (secondary N) is 2. The molecule has 0 aliphatic carbocycles. The normalized spacial score (nSPS) is 29.1. The number of amides is 2. The third kappa shape index (κ3) is 11.5. The zero-order chi connectivity index (χ0) is 36.9. The highest BCUT2D eigenvalue weighted by Gasteiger charge is 2.55. The first-order valence-electron chi connectivity index (χ1n) is 16.6. The topological polar surface area (TPSA) is 175 Å². The highest BCUT2D eigenvalue weighted by atomic mass is 16.7. The molecule has 2 amide bonds. The number of methoxy groups -OCH3 is 2. The van der Waals surface area contributed by atoms with Gasteiger partial charge in [-0.25, -0.2) is 0 Å². The van der Waals surface area contributed by atoms with Crippen LogP contribution in [0.25, 0.3) is 0 Å². The molecule has 4 rings (SSSR count). The van der Waals surface area contributed by atoms with Crippen LogP contribution in [0.1, 0.15) is 38.8 Å². The number of hydrogen-bond donors (Lipinski definition) is 2. The van der Waals surface area contributed by atoms with E-state index in [9.17, 15) is 19.2 Å². The molecule has 2 aromatic carbocycles. The van der Waals surface area contributed by atoms with Crippen LogP contribution in [0, 0.1) is 0 Å². The maximum atomic E-state index is 12.6. The Kier molecular flexibility index (Phi) is 15.3. The average molecular weight is 717 g/mol. The lowest BCUT2D eigenvalue weighted by Crippen LogP contribution is -2.70. The summed E-state index contributed by atoms with van der Waals surface area (Å²) < 4.78 is 54.4. The van der Waals surface area contributed by atoms with Crippen LogP contribution in [-0.4, -0.2) is 112 Å². The standard InChI is InChI=1S/C36H48N2O13/c1-21(39)37-29-34(48-24(4)42)32(28(49-35(29)44-6)20-46-18-26-15-11-8-12-16-26)51-36-30(38-22(2)40)33(47-23(3)41)31(43-5)27(50-36)19-45-17-25-13-9-7-10-14-25/h7-16,27-36H,17-20H2,1-6H3,(H,37,39)(H,38,40)/t27-,28-,29-,30-,31+,32+,33-,34-,35+,36-/m1/s1. The Morgan fingerprint density at radius 1 is 0.588 bits per heavy atom. The zero-order valence-corrected chi connectivity index (χ0v) is 29.7. The SMILES string of the molecule is CO[C@H]1O[C@H](COCc2ccccc2)[C@H](O[C@H]2O[C@H](COCc3ccccc3)[C@H](OC)[C@H](OC(C)=O)[C@H]2NC(C)=O)[C@H](OC(C)=O)[C@H]1NC(C)=O. The maximum Gasteiger partial charge on any atom is 0.303 e. The molecule has 2 N–H and O–H groups in total. The minimum Gasteiger partial charge on any atom is -0.457 e. The van der Waals surface area contributed by atoms with Gasteiger partial charge in [-0.1, -0.05) is 60.7 Å². The van der Waals surface area contributed by atoms with Crippen LogP contribution in [0.2, 0.25) is 0 Å². The first-order valence-corrected chi connectivity index (χ1v) is 16.6. The predicted molar refractivity (Wildman–Crippen MR) is 179 cm³/mol. The number of esters is 2. The van der Waals surface area contributed by atoms with Crippen LogP contribution in [0.3, 0.4) is 0 Å². The molecule has 2 heterocycles. The fraction of sp³-hybridized carbons (Fsp3) is 0.556. The first-order chi connectivity index (χ1) is 24.5. The molecule has 0 bridgehead atoms. The molecular weight excluding hydrogens is 668 g/mol. The summed E-state index contributed by atoms with van der Waals surface area (Å²) in [6.07, 6.45) is -8.65. The van der Waals surface area contributed by atoms with Crippen molar-refractivity contribution < 1.29 is 61.8 Å². The molecule has 15 nitrogen and oxygen atoms in total. The van der Waals surface area contributed by atoms with Gasteiger partial charge in [0.1, 0.15) is 36.5 Å². The molecule has 2 fully saturated rings. The first kappa shape index (κ1) is 39.8. The Hall–Kier alpha value is -3.96. The lowest BCUT2D eigenvalue weighted by molar-refractivity contribution is -0.334. The van der Waals surface area contributed by atoms with Crippen molar-refractivity contribution in [1.29, 1.82) is 0 Å². The van der Waals surface area contributed by atoms with Gasteiger partial charge in [-0.2, -0.15) is 0 Å². The van der Waals surface area contributed by atoms with Crippen molar-refractivity contribution in [2.45, 2.75) is 102 Å². The second-order valence-electron chi connectivity index (χ2n) is 12.2. The summed E-state index contributed by atoms with van der Waals surface area (Å²) in [5.74, 6) is -2.23. The van der Waals surface area contributed by atoms with E-state index in [1.807, 2.05) is 60.7 Å². The van der Waals surface area contributed by atoms with E-state index in [1.54, 1.807) is 0 Å². The molecule has 51 heavy (non-hydrogen) atoms. The van der Waals surface area contributed by atoms with Crippen molar-refractivity contribution in [1.82, 2.24) is 10.6 Å². The molecular formula is C36H48N2O13. The number of hydrogen-bond acceptors (Lipinski definition) is 13. The van der Waals surface area contributed by atoms with Crippen molar-refractivity contribution >= 4 is 23.8 Å². The molecule has 10 atom stereocenters. The van der Waals surface area contributed by atoms with Gasteiger partial charge >= 0.3 is 11.9 Å². The van der Waals surface area contributed by atoms with Gasteiger partial charge in [0.2, 0.25) is 11.8 Å². The summed E-state index contributed by atoms with van der Waals surface area (Å²) in [5.41, 5.74) is 1.82. The quantitative estimate of drug-likeness (QED) is 0.241. The van der Waals surface area contributed by atoms with Gasteiger partial charge in [0.05, 0.1) is 26.4 Å². The maximum absolute atomic E-state index is 12.6. The van der Waals surface area contributed by atoms with Crippen LogP contribution in [0.5, 0.6) is 0 Å². The van der Waals surface area contributed by atoms with Gasteiger partial charge in [-0.05, 0) is 11.1 Å². The van der Waals surface area contributed by atoms with Crippen LogP contribution in [0.4, 0.5) is 0 Å². The fourth-order valence-electron chi connectivity index (χ4n) is 6.17. The molecule has 0 spiro atoms. The lowest BCUT2D eigenvalue weighted by atomic mass is 9.94. The number of carbonyl (C=O) groups excluding carboxylic acids is 4. The van der Waals surface area contributed by atoms with E-state index in [4.69, 9.17) is 42.6 Å². The molecule has 280 valence electrons. The summed E-state index contributed by atoms with van der Waals surface area (Å²) in [4.78, 5) is 49.9. The average Bonchev–Trinajstić information content (AvgIpc) is 3.08. The third-order valence-electron chi connectivity index (χ3n) is 8.22. The van der Waals surface area contributed by atoms with Gasteiger partial charge in [-0.3, -0.25) is 19.2 Å². The monoisotopic (exact) mass is 716 g/mol. The Labute approximate surface area is 297 Å². The second kappa shape index (κ2) is 19.6. The van der Waals surface area contributed by atoms with Gasteiger partial charge in [0.25, 0.3) is 0 Å². The summed E-state index contributed by atoms with van der Waals surface area (Å²) >= 11 is 0. The van der Waals surface area contributed by atoms with E-state index in [2.05, 4.69) is 10.6 Å². The molecule has 0 unspecified atom stereocenters. The fourth-order valence-corrected chi connectivity index (χ4v) is 6.17. The third-order valence-corrected chi connectivity index (χ3v) is 8.22. The van der Waals surface area contributed by atoms with Gasteiger partial charge in [-0.15, -0.1) is 0 Å². The summed E-state index contributed by atoms with van der Waals surface area (Å²) in [7, 11) is 2.81. The largest absolute Gasteiger partial charge is 0.457 e. The summed E-state index contributed by atoms with van der Waals surface area (Å²) in [6.45, 7) is 5.43. The van der Waals surface area contributed by atoms with E-state index >= 15 is 0 Å². The number of carbonyl (C=O) groups is 4. The smallest absolute Gasteiger partial charge is 0.303 e. The molecule has 2 aliphatic heterocycles. The minimum absolute atomic E-state index is 0.0176. The van der Waals surface area contributed by atoms with E-state index < -0.39 is 85.0 Å². The number of ether oxygens (including phenoxy) is 9. The Bertz CT molecular complexity index is 1410. The number of benzene rings is 2. The van der Waals surface area contributed by atoms with Crippen molar-refractivity contribution in [2.24, 2.45) is 0 Å². The van der Waals surface area contributed by atoms with Gasteiger partial charge in [0, 0.05) is 41.9 Å². The molecule has 0 radical (unpaired) electrons. The highest BCUT2D eigenvalue weighted by Crippen LogP contribution is 2.33. The van der Waals surface area contributed by atoms with Crippen molar-refractivity contribution in [3.63, 3.8) is 0 Å². The molecule has 0 saturated carbocycles. The number of rotatable bonds is 16. The van der Waals surface area contributed by atoms with E-state index in [0.29, 0.717) is 0 Å². The van der Waals surface area contributed by atoms with E-state index in [1.165, 1.54) is 41.9 Å². The highest BCUT2D eigenvalue weighted by molar-refractivity contribution is 5.74. The van der Waals surface area contributed by atoms with Crippen LogP contribution in [0.15, 0.2) is 60.7 Å². The lowest BCUT2D eigenvalue weighted by Gasteiger charge is -2.49. The molecule has 2 aliphatic rings. The van der Waals surface area contributed by atoms with E-state index in [0.717, 1.165) is 11.1 Å². The van der Waals surface area contributed by atoms with Crippen LogP contribution < -0.4 is 10.6 Å². The van der Waals surface area contributed by atoms with Gasteiger partial charge in [0.15, 0.2) is 24.8 Å². The van der Waals surface area contributed by atoms with E-state index in [-0.39, 0.29) is 26.4 Å². The van der Waals surface area contributed by atoms with Crippen molar-refractivity contribution in [3.05, 3.63) is 71.8 Å².